The number of nitrogens with zero attached hydrogens (tertiary/aromatic N) is 1. The van der Waals surface area contributed by atoms with Crippen LogP contribution in [0, 0.1) is 5.82 Å². The highest BCUT2D eigenvalue weighted by molar-refractivity contribution is 9.10. The van der Waals surface area contributed by atoms with Crippen molar-refractivity contribution in [3.63, 3.8) is 0 Å². The van der Waals surface area contributed by atoms with Crippen molar-refractivity contribution >= 4 is 39.1 Å². The van der Waals surface area contributed by atoms with E-state index in [1.165, 1.54) is 18.2 Å². The van der Waals surface area contributed by atoms with Crippen molar-refractivity contribution in [2.45, 2.75) is 6.61 Å². The van der Waals surface area contributed by atoms with Gasteiger partial charge < -0.3 is 4.74 Å². The summed E-state index contributed by atoms with van der Waals surface area (Å²) in [7, 11) is 0. The fraction of sp³-hybridized carbons (Fsp3) is 0.0833. The molecular formula is C12H7BrCl2FNO. The van der Waals surface area contributed by atoms with Gasteiger partial charge in [0.25, 0.3) is 0 Å². The Morgan fingerprint density at radius 1 is 1.22 bits per heavy atom. The van der Waals surface area contributed by atoms with Crippen LogP contribution >= 0.6 is 39.1 Å². The van der Waals surface area contributed by atoms with Gasteiger partial charge in [-0.05, 0) is 46.3 Å². The van der Waals surface area contributed by atoms with Gasteiger partial charge in [0.05, 0.1) is 4.47 Å². The molecule has 1 aromatic heterocycles. The molecular weight excluding hydrogens is 344 g/mol. The van der Waals surface area contributed by atoms with Crippen LogP contribution < -0.4 is 4.74 Å². The largest absolute Gasteiger partial charge is 0.488 e. The van der Waals surface area contributed by atoms with Gasteiger partial charge >= 0.3 is 0 Å². The van der Waals surface area contributed by atoms with E-state index in [1.54, 1.807) is 12.1 Å². The number of ether oxygens (including phenoxy) is 1. The lowest BCUT2D eigenvalue weighted by atomic mass is 10.3. The van der Waals surface area contributed by atoms with Gasteiger partial charge in [-0.1, -0.05) is 23.2 Å². The summed E-state index contributed by atoms with van der Waals surface area (Å²) in [6.07, 6.45) is 0. The van der Waals surface area contributed by atoms with E-state index >= 15 is 0 Å². The zero-order valence-corrected chi connectivity index (χ0v) is 12.1. The second kappa shape index (κ2) is 5.87. The summed E-state index contributed by atoms with van der Waals surface area (Å²) in [6.45, 7) is 0.229. The Morgan fingerprint density at radius 2 is 2.00 bits per heavy atom. The highest BCUT2D eigenvalue weighted by Gasteiger charge is 2.06. The second-order valence-electron chi connectivity index (χ2n) is 3.45. The molecule has 0 aliphatic carbocycles. The molecule has 1 heterocycles. The topological polar surface area (TPSA) is 22.1 Å². The Kier molecular flexibility index (Phi) is 4.43. The van der Waals surface area contributed by atoms with Crippen LogP contribution in [-0.2, 0) is 6.61 Å². The van der Waals surface area contributed by atoms with Crippen molar-refractivity contribution in [3.8, 4) is 5.75 Å². The molecule has 6 heteroatoms. The molecule has 1 aromatic carbocycles. The second-order valence-corrected chi connectivity index (χ2v) is 5.05. The average Bonchev–Trinajstić information content (AvgIpc) is 2.30. The first-order valence-corrected chi connectivity index (χ1v) is 6.50. The molecule has 2 nitrogen and oxygen atoms in total. The first-order chi connectivity index (χ1) is 8.56. The quantitative estimate of drug-likeness (QED) is 0.737. The average molecular weight is 351 g/mol. The summed E-state index contributed by atoms with van der Waals surface area (Å²) in [6, 6.07) is 7.55. The summed E-state index contributed by atoms with van der Waals surface area (Å²) in [5.74, 6) is 0.197. The van der Waals surface area contributed by atoms with Gasteiger partial charge in [0.2, 0.25) is 0 Å². The van der Waals surface area contributed by atoms with Gasteiger partial charge in [-0.15, -0.1) is 0 Å². The third kappa shape index (κ3) is 3.34. The number of aromatic nitrogens is 1. The number of halogens is 4. The summed E-state index contributed by atoms with van der Waals surface area (Å²) in [4.78, 5) is 3.90. The van der Waals surface area contributed by atoms with E-state index in [0.717, 1.165) is 0 Å². The Balaban J connectivity index is 2.11. The van der Waals surface area contributed by atoms with Crippen molar-refractivity contribution in [1.82, 2.24) is 4.98 Å². The first kappa shape index (κ1) is 13.6. The number of hydrogen-bond donors (Lipinski definition) is 0. The van der Waals surface area contributed by atoms with E-state index < -0.39 is 0 Å². The molecule has 0 atom stereocenters. The molecule has 18 heavy (non-hydrogen) atoms. The van der Waals surface area contributed by atoms with Crippen molar-refractivity contribution in [3.05, 3.63) is 56.5 Å². The fourth-order valence-electron chi connectivity index (χ4n) is 1.30. The molecule has 94 valence electrons. The Hall–Kier alpha value is -0.840. The Morgan fingerprint density at radius 3 is 2.67 bits per heavy atom. The number of pyridine rings is 1. The Labute approximate surface area is 122 Å². The summed E-state index contributed by atoms with van der Waals surface area (Å²) in [5.41, 5.74) is 0.706. The molecule has 0 spiro atoms. The van der Waals surface area contributed by atoms with Crippen LogP contribution in [0.2, 0.25) is 10.3 Å². The third-order valence-electron chi connectivity index (χ3n) is 2.17. The predicted octanol–water partition coefficient (Wildman–Crippen LogP) is 4.87. The molecule has 0 unspecified atom stereocenters. The first-order valence-electron chi connectivity index (χ1n) is 4.95. The molecule has 0 radical (unpaired) electrons. The van der Waals surface area contributed by atoms with Gasteiger partial charge in [-0.25, -0.2) is 9.37 Å². The number of rotatable bonds is 3. The van der Waals surface area contributed by atoms with Crippen LogP contribution in [0.3, 0.4) is 0 Å². The van der Waals surface area contributed by atoms with Gasteiger partial charge in [0, 0.05) is 5.56 Å². The van der Waals surface area contributed by atoms with Crippen molar-refractivity contribution < 1.29 is 9.13 Å². The SMILES string of the molecule is Fc1ccc(OCc2ccc(Cl)nc2Cl)c(Br)c1. The smallest absolute Gasteiger partial charge is 0.137 e. The van der Waals surface area contributed by atoms with E-state index in [0.29, 0.717) is 26.1 Å². The van der Waals surface area contributed by atoms with Gasteiger partial charge in [0.15, 0.2) is 0 Å². The summed E-state index contributed by atoms with van der Waals surface area (Å²) < 4.78 is 18.9. The Bertz CT molecular complexity index is 528. The van der Waals surface area contributed by atoms with Crippen LogP contribution in [0.25, 0.3) is 0 Å². The molecule has 2 aromatic rings. The maximum atomic E-state index is 12.9. The monoisotopic (exact) mass is 349 g/mol. The zero-order chi connectivity index (χ0) is 13.1. The van der Waals surface area contributed by atoms with Crippen LogP contribution in [0.1, 0.15) is 5.56 Å². The maximum Gasteiger partial charge on any atom is 0.137 e. The zero-order valence-electron chi connectivity index (χ0n) is 8.96. The molecule has 0 saturated heterocycles. The fourth-order valence-corrected chi connectivity index (χ4v) is 2.16. The van der Waals surface area contributed by atoms with E-state index in [-0.39, 0.29) is 12.4 Å². The van der Waals surface area contributed by atoms with E-state index in [4.69, 9.17) is 27.9 Å². The molecule has 0 N–H and O–H groups in total. The van der Waals surface area contributed by atoms with Crippen LogP contribution in [0.4, 0.5) is 4.39 Å². The minimum Gasteiger partial charge on any atom is -0.488 e. The lowest BCUT2D eigenvalue weighted by Gasteiger charge is -2.09. The third-order valence-corrected chi connectivity index (χ3v) is 3.33. The molecule has 0 aliphatic heterocycles. The minimum atomic E-state index is -0.333. The molecule has 2 rings (SSSR count). The normalized spacial score (nSPS) is 10.4. The lowest BCUT2D eigenvalue weighted by Crippen LogP contribution is -1.98. The summed E-state index contributed by atoms with van der Waals surface area (Å²) >= 11 is 14.8. The maximum absolute atomic E-state index is 12.9. The highest BCUT2D eigenvalue weighted by Crippen LogP contribution is 2.27. The molecule has 0 amide bonds. The molecule has 0 fully saturated rings. The lowest BCUT2D eigenvalue weighted by molar-refractivity contribution is 0.303. The highest BCUT2D eigenvalue weighted by atomic mass is 79.9. The minimum absolute atomic E-state index is 0.229. The van der Waals surface area contributed by atoms with Gasteiger partial charge in [0.1, 0.15) is 28.5 Å². The predicted molar refractivity (Wildman–Crippen MR) is 72.7 cm³/mol. The van der Waals surface area contributed by atoms with E-state index in [2.05, 4.69) is 20.9 Å². The summed E-state index contributed by atoms with van der Waals surface area (Å²) in [5, 5.41) is 0.618. The van der Waals surface area contributed by atoms with Crippen LogP contribution in [0.15, 0.2) is 34.8 Å². The van der Waals surface area contributed by atoms with Crippen molar-refractivity contribution in [2.75, 3.05) is 0 Å². The molecule has 0 aliphatic rings. The van der Waals surface area contributed by atoms with Gasteiger partial charge in [-0.2, -0.15) is 0 Å². The molecule has 0 saturated carbocycles. The van der Waals surface area contributed by atoms with Crippen molar-refractivity contribution in [1.29, 1.82) is 0 Å². The van der Waals surface area contributed by atoms with E-state index in [1.807, 2.05) is 0 Å². The van der Waals surface area contributed by atoms with Crippen LogP contribution in [0.5, 0.6) is 5.75 Å². The van der Waals surface area contributed by atoms with Crippen LogP contribution in [-0.4, -0.2) is 4.98 Å². The molecule has 0 bridgehead atoms. The van der Waals surface area contributed by atoms with E-state index in [9.17, 15) is 4.39 Å². The number of hydrogen-bond acceptors (Lipinski definition) is 2. The van der Waals surface area contributed by atoms with Crippen molar-refractivity contribution in [2.24, 2.45) is 0 Å². The standard InChI is InChI=1S/C12H7BrCl2FNO/c13-9-5-8(16)2-3-10(9)18-6-7-1-4-11(14)17-12(7)15/h1-5H,6H2. The van der Waals surface area contributed by atoms with Gasteiger partial charge in [-0.3, -0.25) is 0 Å². The number of benzene rings is 1.